The third-order valence-electron chi connectivity index (χ3n) is 5.61. The van der Waals surface area contributed by atoms with Crippen LogP contribution in [-0.2, 0) is 6.54 Å². The van der Waals surface area contributed by atoms with E-state index in [4.69, 9.17) is 11.6 Å². The number of rotatable bonds is 6. The number of hydrogen-bond donors (Lipinski definition) is 2. The SMILES string of the molecule is O=C(NC1CCN(c2ccccc2C(=O)NCc2cccnc2)CC1)c1ccccc1Cl. The number of para-hydroxylation sites is 1. The zero-order valence-electron chi connectivity index (χ0n) is 17.6. The Morgan fingerprint density at radius 2 is 1.66 bits per heavy atom. The highest BCUT2D eigenvalue weighted by Crippen LogP contribution is 2.25. The van der Waals surface area contributed by atoms with Gasteiger partial charge in [-0.15, -0.1) is 0 Å². The van der Waals surface area contributed by atoms with Crippen molar-refractivity contribution in [2.24, 2.45) is 0 Å². The molecule has 3 aromatic rings. The van der Waals surface area contributed by atoms with Crippen LogP contribution in [0.1, 0.15) is 39.1 Å². The van der Waals surface area contributed by atoms with Crippen molar-refractivity contribution >= 4 is 29.1 Å². The van der Waals surface area contributed by atoms with Gasteiger partial charge in [-0.25, -0.2) is 0 Å². The van der Waals surface area contributed by atoms with Gasteiger partial charge >= 0.3 is 0 Å². The molecule has 7 heteroatoms. The van der Waals surface area contributed by atoms with Crippen molar-refractivity contribution in [3.8, 4) is 0 Å². The van der Waals surface area contributed by atoms with Gasteiger partial charge in [0.2, 0.25) is 0 Å². The molecule has 0 atom stereocenters. The van der Waals surface area contributed by atoms with Crippen LogP contribution in [0.25, 0.3) is 0 Å². The largest absolute Gasteiger partial charge is 0.371 e. The van der Waals surface area contributed by atoms with Gasteiger partial charge in [-0.3, -0.25) is 14.6 Å². The number of halogens is 1. The Labute approximate surface area is 192 Å². The van der Waals surface area contributed by atoms with Gasteiger partial charge in [0.25, 0.3) is 11.8 Å². The van der Waals surface area contributed by atoms with E-state index in [9.17, 15) is 9.59 Å². The zero-order valence-corrected chi connectivity index (χ0v) is 18.4. The van der Waals surface area contributed by atoms with Crippen molar-refractivity contribution in [2.75, 3.05) is 18.0 Å². The van der Waals surface area contributed by atoms with Gasteiger partial charge in [0.1, 0.15) is 0 Å². The number of carbonyl (C=O) groups excluding carboxylic acids is 2. The molecular formula is C25H25ClN4O2. The first-order valence-electron chi connectivity index (χ1n) is 10.7. The van der Waals surface area contributed by atoms with Gasteiger partial charge < -0.3 is 15.5 Å². The molecule has 32 heavy (non-hydrogen) atoms. The van der Waals surface area contributed by atoms with E-state index in [0.717, 1.165) is 37.2 Å². The number of nitrogens with one attached hydrogen (secondary N) is 2. The van der Waals surface area contributed by atoms with E-state index >= 15 is 0 Å². The van der Waals surface area contributed by atoms with Crippen LogP contribution in [0.3, 0.4) is 0 Å². The summed E-state index contributed by atoms with van der Waals surface area (Å²) in [6, 6.07) is 18.6. The first kappa shape index (κ1) is 21.8. The van der Waals surface area contributed by atoms with Crippen molar-refractivity contribution in [3.05, 3.63) is 94.8 Å². The highest BCUT2D eigenvalue weighted by atomic mass is 35.5. The number of carbonyl (C=O) groups is 2. The van der Waals surface area contributed by atoms with Gasteiger partial charge in [0.15, 0.2) is 0 Å². The zero-order chi connectivity index (χ0) is 22.3. The molecule has 0 bridgehead atoms. The molecular weight excluding hydrogens is 424 g/mol. The normalized spacial score (nSPS) is 14.1. The number of aromatic nitrogens is 1. The number of hydrogen-bond acceptors (Lipinski definition) is 4. The first-order chi connectivity index (χ1) is 15.6. The molecule has 2 N–H and O–H groups in total. The molecule has 4 rings (SSSR count). The fraction of sp³-hybridized carbons (Fsp3) is 0.240. The first-order valence-corrected chi connectivity index (χ1v) is 11.1. The average molecular weight is 449 g/mol. The van der Waals surface area contributed by atoms with E-state index < -0.39 is 0 Å². The van der Waals surface area contributed by atoms with E-state index in [1.54, 1.807) is 30.6 Å². The number of pyridine rings is 1. The Balaban J connectivity index is 1.36. The molecule has 0 unspecified atom stereocenters. The molecule has 0 radical (unpaired) electrons. The number of benzene rings is 2. The second-order valence-electron chi connectivity index (χ2n) is 7.78. The van der Waals surface area contributed by atoms with Gasteiger partial charge in [0, 0.05) is 43.8 Å². The fourth-order valence-electron chi connectivity index (χ4n) is 3.89. The molecule has 2 heterocycles. The minimum Gasteiger partial charge on any atom is -0.371 e. The summed E-state index contributed by atoms with van der Waals surface area (Å²) < 4.78 is 0. The Hall–Kier alpha value is -3.38. The molecule has 1 aliphatic heterocycles. The Bertz CT molecular complexity index is 1080. The summed E-state index contributed by atoms with van der Waals surface area (Å²) in [5.41, 5.74) is 3.00. The highest BCUT2D eigenvalue weighted by molar-refractivity contribution is 6.33. The third-order valence-corrected chi connectivity index (χ3v) is 5.94. The summed E-state index contributed by atoms with van der Waals surface area (Å²) in [7, 11) is 0. The number of amides is 2. The van der Waals surface area contributed by atoms with Crippen molar-refractivity contribution in [2.45, 2.75) is 25.4 Å². The van der Waals surface area contributed by atoms with Gasteiger partial charge in [-0.2, -0.15) is 0 Å². The minimum atomic E-state index is -0.149. The lowest BCUT2D eigenvalue weighted by molar-refractivity contribution is 0.0929. The van der Waals surface area contributed by atoms with Crippen molar-refractivity contribution in [3.63, 3.8) is 0 Å². The lowest BCUT2D eigenvalue weighted by Gasteiger charge is -2.35. The maximum Gasteiger partial charge on any atom is 0.253 e. The molecule has 1 aromatic heterocycles. The van der Waals surface area contributed by atoms with Crippen LogP contribution in [0, 0.1) is 0 Å². The van der Waals surface area contributed by atoms with Crippen LogP contribution < -0.4 is 15.5 Å². The predicted molar refractivity (Wildman–Crippen MR) is 126 cm³/mol. The van der Waals surface area contributed by atoms with Crippen molar-refractivity contribution < 1.29 is 9.59 Å². The maximum atomic E-state index is 12.9. The second kappa shape index (κ2) is 10.3. The third kappa shape index (κ3) is 5.26. The molecule has 0 aliphatic carbocycles. The van der Waals surface area contributed by atoms with Crippen LogP contribution >= 0.6 is 11.6 Å². The summed E-state index contributed by atoms with van der Waals surface area (Å²) in [5, 5.41) is 6.52. The van der Waals surface area contributed by atoms with E-state index in [-0.39, 0.29) is 17.9 Å². The summed E-state index contributed by atoms with van der Waals surface area (Å²) in [6.07, 6.45) is 5.04. The van der Waals surface area contributed by atoms with Crippen molar-refractivity contribution in [1.82, 2.24) is 15.6 Å². The second-order valence-corrected chi connectivity index (χ2v) is 8.18. The Morgan fingerprint density at radius 3 is 2.38 bits per heavy atom. The fourth-order valence-corrected chi connectivity index (χ4v) is 4.12. The average Bonchev–Trinajstić information content (AvgIpc) is 2.84. The van der Waals surface area contributed by atoms with E-state index in [1.165, 1.54) is 0 Å². The number of piperidine rings is 1. The molecule has 2 aromatic carbocycles. The molecule has 0 spiro atoms. The molecule has 6 nitrogen and oxygen atoms in total. The Kier molecular flexibility index (Phi) is 7.02. The lowest BCUT2D eigenvalue weighted by atomic mass is 10.0. The van der Waals surface area contributed by atoms with Crippen LogP contribution in [0.5, 0.6) is 0 Å². The molecule has 1 aliphatic rings. The van der Waals surface area contributed by atoms with E-state index in [0.29, 0.717) is 22.7 Å². The smallest absolute Gasteiger partial charge is 0.253 e. The minimum absolute atomic E-state index is 0.0709. The van der Waals surface area contributed by atoms with Gasteiger partial charge in [-0.05, 0) is 48.7 Å². The van der Waals surface area contributed by atoms with E-state index in [2.05, 4.69) is 20.5 Å². The predicted octanol–water partition coefficient (Wildman–Crippen LogP) is 4.06. The van der Waals surface area contributed by atoms with Crippen LogP contribution in [0.15, 0.2) is 73.1 Å². The van der Waals surface area contributed by atoms with Gasteiger partial charge in [-0.1, -0.05) is 41.9 Å². The quantitative estimate of drug-likeness (QED) is 0.596. The molecule has 1 saturated heterocycles. The topological polar surface area (TPSA) is 74.3 Å². The highest BCUT2D eigenvalue weighted by Gasteiger charge is 2.24. The van der Waals surface area contributed by atoms with Crippen LogP contribution in [0.2, 0.25) is 5.02 Å². The molecule has 1 fully saturated rings. The van der Waals surface area contributed by atoms with Gasteiger partial charge in [0.05, 0.1) is 16.1 Å². The van der Waals surface area contributed by atoms with Crippen molar-refractivity contribution in [1.29, 1.82) is 0 Å². The molecule has 2 amide bonds. The summed E-state index contributed by atoms with van der Waals surface area (Å²) in [5.74, 6) is -0.261. The Morgan fingerprint density at radius 1 is 0.938 bits per heavy atom. The van der Waals surface area contributed by atoms with Crippen LogP contribution in [0.4, 0.5) is 5.69 Å². The standard InChI is InChI=1S/C25H25ClN4O2/c26-22-9-3-1-7-20(22)25(32)29-19-11-14-30(15-12-19)23-10-4-2-8-21(23)24(31)28-17-18-6-5-13-27-16-18/h1-10,13,16,19H,11-12,14-15,17H2,(H,28,31)(H,29,32). The number of anilines is 1. The summed E-state index contributed by atoms with van der Waals surface area (Å²) in [4.78, 5) is 31.7. The van der Waals surface area contributed by atoms with Crippen LogP contribution in [-0.4, -0.2) is 35.9 Å². The lowest BCUT2D eigenvalue weighted by Crippen LogP contribution is -2.45. The summed E-state index contributed by atoms with van der Waals surface area (Å²) in [6.45, 7) is 1.93. The molecule has 164 valence electrons. The van der Waals surface area contributed by atoms with E-state index in [1.807, 2.05) is 42.5 Å². The maximum absolute atomic E-state index is 12.9. The molecule has 0 saturated carbocycles. The number of nitrogens with zero attached hydrogens (tertiary/aromatic N) is 2. The summed E-state index contributed by atoms with van der Waals surface area (Å²) >= 11 is 6.14. The monoisotopic (exact) mass is 448 g/mol.